The lowest BCUT2D eigenvalue weighted by atomic mass is 9.77. The van der Waals surface area contributed by atoms with E-state index in [0.717, 1.165) is 0 Å². The van der Waals surface area contributed by atoms with Crippen molar-refractivity contribution in [2.75, 3.05) is 6.54 Å². The van der Waals surface area contributed by atoms with Gasteiger partial charge < -0.3 is 14.5 Å². The molecule has 6 nitrogen and oxygen atoms in total. The molecular weight excluding hydrogens is 742 g/mol. The maximum Gasteiger partial charge on any atom is 0.416 e. The summed E-state index contributed by atoms with van der Waals surface area (Å²) < 4.78 is 185. The van der Waals surface area contributed by atoms with E-state index in [1.807, 2.05) is 34.9 Å². The van der Waals surface area contributed by atoms with Crippen molar-refractivity contribution in [1.82, 2.24) is 9.88 Å². The number of benzene rings is 2. The number of imidazole rings is 1. The highest BCUT2D eigenvalue weighted by Gasteiger charge is 2.53. The van der Waals surface area contributed by atoms with Crippen molar-refractivity contribution in [3.05, 3.63) is 88.5 Å². The van der Waals surface area contributed by atoms with Gasteiger partial charge in [-0.15, -0.1) is 0 Å². The van der Waals surface area contributed by atoms with Crippen LogP contribution in [0.5, 0.6) is 0 Å². The Morgan fingerprint density at radius 3 is 1.60 bits per heavy atom. The highest BCUT2D eigenvalue weighted by atomic mass is 28.4. The molecule has 0 saturated carbocycles. The fourth-order valence-electron chi connectivity index (χ4n) is 6.12. The third-order valence-electron chi connectivity index (χ3n) is 8.25. The quantitative estimate of drug-likeness (QED) is 0.0697. The molecule has 1 aromatic heterocycles. The average Bonchev–Trinajstić information content (AvgIpc) is 3.64. The largest absolute Gasteiger partial charge is 0.461 e. The number of aromatic nitrogens is 2. The Morgan fingerprint density at radius 2 is 1.21 bits per heavy atom. The number of carbonyl (C=O) groups excluding carboxylic acids is 1. The first kappa shape index (κ1) is 41.2. The van der Waals surface area contributed by atoms with Gasteiger partial charge in [0.05, 0.1) is 35.8 Å². The Kier molecular flexibility index (Phi) is 11.6. The maximum atomic E-state index is 14.1. The van der Waals surface area contributed by atoms with E-state index in [9.17, 15) is 57.5 Å². The highest BCUT2D eigenvalue weighted by molar-refractivity contribution is 6.69. The van der Waals surface area contributed by atoms with Gasteiger partial charge in [0, 0.05) is 25.4 Å². The molecule has 1 aliphatic rings. The first-order chi connectivity index (χ1) is 23.7. The second-order valence-electron chi connectivity index (χ2n) is 13.6. The normalized spacial score (nSPS) is 17.8. The number of nitrogens with zero attached hydrogens (tertiary/aromatic N) is 2. The van der Waals surface area contributed by atoms with E-state index in [-0.39, 0.29) is 49.4 Å². The van der Waals surface area contributed by atoms with Gasteiger partial charge in [-0.05, 0) is 80.0 Å². The zero-order valence-electron chi connectivity index (χ0n) is 28.2. The number of halogens is 12. The third kappa shape index (κ3) is 10.1. The van der Waals surface area contributed by atoms with E-state index in [1.54, 1.807) is 0 Å². The zero-order valence-corrected chi connectivity index (χ0v) is 29.2. The van der Waals surface area contributed by atoms with Crippen LogP contribution >= 0.6 is 0 Å². The van der Waals surface area contributed by atoms with Crippen LogP contribution in [-0.2, 0) is 57.9 Å². The predicted octanol–water partition coefficient (Wildman–Crippen LogP) is 8.63. The summed E-state index contributed by atoms with van der Waals surface area (Å²) in [5.41, 5.74) is -12.3. The predicted molar refractivity (Wildman–Crippen MR) is 164 cm³/mol. The van der Waals surface area contributed by atoms with Crippen LogP contribution in [0, 0.1) is 0 Å². The van der Waals surface area contributed by atoms with Crippen LogP contribution in [0.25, 0.3) is 0 Å². The second-order valence-corrected chi connectivity index (χ2v) is 18.1. The van der Waals surface area contributed by atoms with Crippen molar-refractivity contribution in [2.45, 2.75) is 94.3 Å². The lowest BCUT2D eigenvalue weighted by molar-refractivity contribution is -0.671. The summed E-state index contributed by atoms with van der Waals surface area (Å²) in [6.07, 6.45) is -16.9. The molecule has 2 atom stereocenters. The van der Waals surface area contributed by atoms with Gasteiger partial charge >= 0.3 is 30.7 Å². The summed E-state index contributed by atoms with van der Waals surface area (Å²) in [6.45, 7) is 4.53. The topological polar surface area (TPSA) is 56.4 Å². The van der Waals surface area contributed by atoms with Crippen molar-refractivity contribution in [2.24, 2.45) is 7.05 Å². The minimum atomic E-state index is -5.42. The number of aryl methyl sites for hydroxylation is 2. The number of rotatable bonds is 11. The van der Waals surface area contributed by atoms with Gasteiger partial charge in [-0.1, -0.05) is 0 Å². The highest BCUT2D eigenvalue weighted by Crippen LogP contribution is 2.49. The smallest absolute Gasteiger partial charge is 0.416 e. The lowest BCUT2D eigenvalue weighted by Gasteiger charge is -2.45. The van der Waals surface area contributed by atoms with E-state index in [0.29, 0.717) is 19.4 Å². The van der Waals surface area contributed by atoms with Crippen molar-refractivity contribution in [3.63, 3.8) is 0 Å². The molecule has 0 radical (unpaired) electrons. The molecule has 1 N–H and O–H groups in total. The van der Waals surface area contributed by atoms with E-state index >= 15 is 0 Å². The summed E-state index contributed by atoms with van der Waals surface area (Å²) in [7, 11) is -1.53. The first-order valence-corrected chi connectivity index (χ1v) is 19.3. The number of hydrogen-bond acceptors (Lipinski definition) is 4. The molecule has 0 aliphatic carbocycles. The molecule has 52 heavy (non-hydrogen) atoms. The molecule has 1 aliphatic heterocycles. The van der Waals surface area contributed by atoms with Crippen LogP contribution in [0.3, 0.4) is 0 Å². The van der Waals surface area contributed by atoms with Crippen LogP contribution < -0.4 is 9.88 Å². The number of hydrogen-bond donors (Lipinski definition) is 1. The van der Waals surface area contributed by atoms with Gasteiger partial charge in [0.15, 0.2) is 8.32 Å². The van der Waals surface area contributed by atoms with Crippen molar-refractivity contribution < 1.29 is 71.2 Å². The van der Waals surface area contributed by atoms with Gasteiger partial charge in [-0.25, -0.2) is 9.13 Å². The number of nitrogens with one attached hydrogen (secondary N) is 1. The SMILES string of the molecule is C[n+]1ccn(CCCCC(=O)O[C@H]2CN[C@H](C(O[Si](C)(C)C)(c3cc(C(F)(F)F)cc(C(F)(F)F)c3)c3cc(C(F)(F)F)cc(C(F)(F)F)c3)C2)c1. The van der Waals surface area contributed by atoms with Gasteiger partial charge in [-0.3, -0.25) is 4.79 Å². The number of carbonyl (C=O) groups is 1. The monoisotopic (exact) mass is 778 g/mol. The summed E-state index contributed by atoms with van der Waals surface area (Å²) in [5, 5.41) is 2.79. The molecule has 0 bridgehead atoms. The minimum Gasteiger partial charge on any atom is -0.461 e. The summed E-state index contributed by atoms with van der Waals surface area (Å²) in [6, 6.07) is -1.08. The lowest BCUT2D eigenvalue weighted by Crippen LogP contribution is -2.53. The van der Waals surface area contributed by atoms with Crippen LogP contribution in [0.2, 0.25) is 19.6 Å². The number of ether oxygens (including phenoxy) is 1. The van der Waals surface area contributed by atoms with Crippen LogP contribution in [-0.4, -0.2) is 37.5 Å². The van der Waals surface area contributed by atoms with Gasteiger partial charge in [0.2, 0.25) is 6.33 Å². The van der Waals surface area contributed by atoms with E-state index in [4.69, 9.17) is 9.16 Å². The Hall–Kier alpha value is -3.58. The summed E-state index contributed by atoms with van der Waals surface area (Å²) >= 11 is 0. The summed E-state index contributed by atoms with van der Waals surface area (Å²) in [4.78, 5) is 12.8. The molecule has 2 aromatic carbocycles. The summed E-state index contributed by atoms with van der Waals surface area (Å²) in [5.74, 6) is -0.709. The Labute approximate surface area is 291 Å². The Balaban J connectivity index is 1.86. The molecule has 1 fully saturated rings. The third-order valence-corrected chi connectivity index (χ3v) is 9.18. The number of alkyl halides is 12. The van der Waals surface area contributed by atoms with Gasteiger partial charge in [0.25, 0.3) is 0 Å². The van der Waals surface area contributed by atoms with Crippen LogP contribution in [0.4, 0.5) is 52.7 Å². The van der Waals surface area contributed by atoms with Crippen molar-refractivity contribution >= 4 is 14.3 Å². The van der Waals surface area contributed by atoms with Gasteiger partial charge in [0.1, 0.15) is 24.1 Å². The Bertz CT molecular complexity index is 1590. The molecule has 4 rings (SSSR count). The van der Waals surface area contributed by atoms with Crippen molar-refractivity contribution in [1.29, 1.82) is 0 Å². The number of unbranched alkanes of at least 4 members (excludes halogenated alkanes) is 1. The van der Waals surface area contributed by atoms with Gasteiger partial charge in [-0.2, -0.15) is 52.7 Å². The van der Waals surface area contributed by atoms with E-state index < -0.39 is 96.5 Å². The molecule has 2 heterocycles. The minimum absolute atomic E-state index is 0.0732. The fourth-order valence-corrected chi connectivity index (χ4v) is 7.47. The van der Waals surface area contributed by atoms with Crippen LogP contribution in [0.1, 0.15) is 59.1 Å². The maximum absolute atomic E-state index is 14.1. The van der Waals surface area contributed by atoms with E-state index in [1.165, 1.54) is 19.6 Å². The number of esters is 1. The first-order valence-electron chi connectivity index (χ1n) is 15.9. The molecular formula is C33H36F12N3O3Si+. The van der Waals surface area contributed by atoms with Crippen molar-refractivity contribution in [3.8, 4) is 0 Å². The Morgan fingerprint density at radius 1 is 0.769 bits per heavy atom. The van der Waals surface area contributed by atoms with Crippen LogP contribution in [0.15, 0.2) is 55.1 Å². The average molecular weight is 779 g/mol. The second kappa shape index (κ2) is 14.7. The molecule has 19 heteroatoms. The fraction of sp³-hybridized carbons (Fsp3) is 0.515. The molecule has 3 aromatic rings. The molecule has 1 saturated heterocycles. The zero-order chi connectivity index (χ0) is 39.1. The van der Waals surface area contributed by atoms with E-state index in [2.05, 4.69) is 5.32 Å². The standard InChI is InChI=1S/C33H36F12N3O3Si/c1-47-9-10-48(19-47)8-6-5-7-28(49)50-26-17-27(46-18-26)29(51-52(2,3)4,20-11-22(30(34,35)36)15-23(12-20)31(37,38)39)21-13-24(32(40,41)42)16-25(14-21)33(43,44)45/h9-16,19,26-27,46H,5-8,17-18H2,1-4H3/q+1/t26-,27+/m1/s1. The molecule has 0 amide bonds. The molecule has 288 valence electrons. The molecule has 0 spiro atoms. The molecule has 0 unspecified atom stereocenters.